The van der Waals surface area contributed by atoms with Crippen LogP contribution in [0.1, 0.15) is 36.3 Å². The van der Waals surface area contributed by atoms with E-state index in [2.05, 4.69) is 131 Å². The molecule has 202 valence electrons. The molecule has 0 N–H and O–H groups in total. The maximum absolute atomic E-state index is 5.42. The van der Waals surface area contributed by atoms with Crippen molar-refractivity contribution in [3.63, 3.8) is 0 Å². The lowest BCUT2D eigenvalue weighted by Gasteiger charge is -2.27. The maximum atomic E-state index is 5.42. The zero-order valence-electron chi connectivity index (χ0n) is 23.3. The number of benzene rings is 6. The number of rotatable bonds is 2. The summed E-state index contributed by atoms with van der Waals surface area (Å²) in [4.78, 5) is 13.3. The lowest BCUT2D eigenvalue weighted by atomic mass is 9.93. The van der Waals surface area contributed by atoms with Gasteiger partial charge in [0.25, 0.3) is 0 Å². The molecule has 0 radical (unpaired) electrons. The molecular weight excluding hydrogens is 578 g/mol. The van der Waals surface area contributed by atoms with E-state index in [-0.39, 0.29) is 0 Å². The number of anilines is 2. The molecule has 6 aromatic carbocycles. The van der Waals surface area contributed by atoms with Gasteiger partial charge in [0, 0.05) is 44.1 Å². The van der Waals surface area contributed by atoms with Gasteiger partial charge >= 0.3 is 0 Å². The van der Waals surface area contributed by atoms with Gasteiger partial charge in [-0.3, -0.25) is 0 Å². The number of hydrogen-bond acceptors (Lipinski definition) is 3. The van der Waals surface area contributed by atoms with E-state index in [4.69, 9.17) is 9.97 Å². The maximum Gasteiger partial charge on any atom is 0.104 e. The predicted octanol–water partition coefficient (Wildman–Crippen LogP) is 10.6. The number of nitrogens with zero attached hydrogens (tertiary/aromatic N) is 3. The van der Waals surface area contributed by atoms with Crippen molar-refractivity contribution < 1.29 is 0 Å². The van der Waals surface area contributed by atoms with Crippen LogP contribution in [0.2, 0.25) is 0 Å². The highest BCUT2D eigenvalue weighted by Gasteiger charge is 2.42. The Morgan fingerprint density at radius 1 is 0.667 bits per heavy atom. The molecule has 1 aromatic heterocycles. The van der Waals surface area contributed by atoms with E-state index in [0.29, 0.717) is 12.0 Å². The van der Waals surface area contributed by atoms with Gasteiger partial charge < -0.3 is 4.90 Å². The highest BCUT2D eigenvalue weighted by molar-refractivity contribution is 9.10. The van der Waals surface area contributed by atoms with Gasteiger partial charge in [-0.15, -0.1) is 0 Å². The SMILES string of the molecule is Cc1ccc(N2c3ccc(-c4ccc(Br)c5nc6c7ccccc7c7ccccc7c6nc45)cc3C3CCCC32)cc1. The number of halogens is 1. The summed E-state index contributed by atoms with van der Waals surface area (Å²) in [5.41, 5.74) is 11.5. The van der Waals surface area contributed by atoms with Crippen molar-refractivity contribution >= 4 is 70.9 Å². The topological polar surface area (TPSA) is 29.0 Å². The summed E-state index contributed by atoms with van der Waals surface area (Å²) in [6.45, 7) is 2.16. The van der Waals surface area contributed by atoms with E-state index >= 15 is 0 Å². The standard InChI is InChI=1S/C38H28BrN3/c1-22-13-16-24(17-14-22)42-33-12-6-11-28(33)31-21-23(15-20-34(31)42)25-18-19-32(39)38-35(25)40-36-29-9-4-2-7-26(29)27-8-3-5-10-30(27)37(36)41-38/h2-5,7-10,13-21,28,33H,6,11-12H2,1H3. The van der Waals surface area contributed by atoms with Crippen LogP contribution in [0.25, 0.3) is 54.7 Å². The van der Waals surface area contributed by atoms with Gasteiger partial charge in [0.1, 0.15) is 5.52 Å². The molecule has 2 heterocycles. The largest absolute Gasteiger partial charge is 0.338 e. The molecule has 2 unspecified atom stereocenters. The van der Waals surface area contributed by atoms with Crippen LogP contribution in [0.3, 0.4) is 0 Å². The Labute approximate surface area is 253 Å². The lowest BCUT2D eigenvalue weighted by Crippen LogP contribution is -2.26. The summed E-state index contributed by atoms with van der Waals surface area (Å²) in [6, 6.07) is 38.1. The van der Waals surface area contributed by atoms with E-state index in [1.807, 2.05) is 0 Å². The quantitative estimate of drug-likeness (QED) is 0.145. The number of aromatic nitrogens is 2. The Morgan fingerprint density at radius 3 is 2.05 bits per heavy atom. The summed E-state index contributed by atoms with van der Waals surface area (Å²) < 4.78 is 0.968. The number of hydrogen-bond donors (Lipinski definition) is 0. The zero-order valence-corrected chi connectivity index (χ0v) is 24.9. The third-order valence-corrected chi connectivity index (χ3v) is 10.2. The lowest BCUT2D eigenvalue weighted by molar-refractivity contribution is 0.642. The van der Waals surface area contributed by atoms with Gasteiger partial charge in [-0.2, -0.15) is 0 Å². The molecule has 4 heteroatoms. The zero-order chi connectivity index (χ0) is 27.9. The van der Waals surface area contributed by atoms with Gasteiger partial charge in [0.15, 0.2) is 0 Å². The molecule has 1 saturated carbocycles. The van der Waals surface area contributed by atoms with Crippen LogP contribution < -0.4 is 4.90 Å². The van der Waals surface area contributed by atoms with Crippen LogP contribution in [0, 0.1) is 6.92 Å². The minimum atomic E-state index is 0.531. The van der Waals surface area contributed by atoms with Crippen molar-refractivity contribution in [3.05, 3.63) is 119 Å². The van der Waals surface area contributed by atoms with E-state index in [0.717, 1.165) is 42.9 Å². The normalized spacial score (nSPS) is 17.9. The fourth-order valence-corrected chi connectivity index (χ4v) is 8.04. The molecule has 0 bridgehead atoms. The molecule has 42 heavy (non-hydrogen) atoms. The first-order valence-electron chi connectivity index (χ1n) is 14.9. The molecule has 0 saturated heterocycles. The first kappa shape index (κ1) is 24.3. The molecule has 1 fully saturated rings. The van der Waals surface area contributed by atoms with Gasteiger partial charge in [-0.1, -0.05) is 84.8 Å². The minimum Gasteiger partial charge on any atom is -0.338 e. The van der Waals surface area contributed by atoms with Crippen molar-refractivity contribution in [2.45, 2.75) is 38.1 Å². The van der Waals surface area contributed by atoms with Crippen LogP contribution in [-0.2, 0) is 0 Å². The van der Waals surface area contributed by atoms with Crippen molar-refractivity contribution in [2.75, 3.05) is 4.90 Å². The average molecular weight is 607 g/mol. The van der Waals surface area contributed by atoms with Gasteiger partial charge in [-0.05, 0) is 87.9 Å². The molecule has 3 nitrogen and oxygen atoms in total. The Kier molecular flexibility index (Phi) is 5.28. The highest BCUT2D eigenvalue weighted by Crippen LogP contribution is 2.53. The first-order valence-corrected chi connectivity index (χ1v) is 15.6. The van der Waals surface area contributed by atoms with E-state index in [1.54, 1.807) is 0 Å². The van der Waals surface area contributed by atoms with Gasteiger partial charge in [0.2, 0.25) is 0 Å². The van der Waals surface area contributed by atoms with Crippen LogP contribution in [0.4, 0.5) is 11.4 Å². The Bertz CT molecular complexity index is 2220. The van der Waals surface area contributed by atoms with Crippen molar-refractivity contribution in [2.24, 2.45) is 0 Å². The minimum absolute atomic E-state index is 0.531. The van der Waals surface area contributed by atoms with Crippen LogP contribution in [-0.4, -0.2) is 16.0 Å². The summed E-state index contributed by atoms with van der Waals surface area (Å²) in [6.07, 6.45) is 3.76. The molecule has 2 aliphatic rings. The Balaban J connectivity index is 1.28. The third kappa shape index (κ3) is 3.45. The molecule has 1 aliphatic carbocycles. The van der Waals surface area contributed by atoms with Crippen LogP contribution in [0.15, 0.2) is 108 Å². The number of fused-ring (bicyclic) bond motifs is 10. The Hall–Kier alpha value is -4.28. The Morgan fingerprint density at radius 2 is 1.33 bits per heavy atom. The summed E-state index contributed by atoms with van der Waals surface area (Å²) in [5, 5.41) is 4.71. The van der Waals surface area contributed by atoms with Crippen molar-refractivity contribution in [1.82, 2.24) is 9.97 Å². The molecule has 1 aliphatic heterocycles. The van der Waals surface area contributed by atoms with Gasteiger partial charge in [-0.25, -0.2) is 9.97 Å². The second kappa shape index (κ2) is 9.11. The molecule has 0 spiro atoms. The van der Waals surface area contributed by atoms with Crippen LogP contribution >= 0.6 is 15.9 Å². The fraction of sp³-hybridized carbons (Fsp3) is 0.158. The average Bonchev–Trinajstić information content (AvgIpc) is 3.62. The third-order valence-electron chi connectivity index (χ3n) is 9.55. The summed E-state index contributed by atoms with van der Waals surface area (Å²) in [5.74, 6) is 0.560. The van der Waals surface area contributed by atoms with E-state index in [1.165, 1.54) is 58.1 Å². The molecule has 7 aromatic rings. The van der Waals surface area contributed by atoms with E-state index < -0.39 is 0 Å². The van der Waals surface area contributed by atoms with Gasteiger partial charge in [0.05, 0.1) is 16.6 Å². The first-order chi connectivity index (χ1) is 20.7. The van der Waals surface area contributed by atoms with Crippen LogP contribution in [0.5, 0.6) is 0 Å². The highest BCUT2D eigenvalue weighted by atomic mass is 79.9. The smallest absolute Gasteiger partial charge is 0.104 e. The molecular formula is C38H28BrN3. The second-order valence-electron chi connectivity index (χ2n) is 11.9. The molecule has 2 atom stereocenters. The summed E-state index contributed by atoms with van der Waals surface area (Å²) in [7, 11) is 0. The fourth-order valence-electron chi connectivity index (χ4n) is 7.63. The van der Waals surface area contributed by atoms with Crippen molar-refractivity contribution in [3.8, 4) is 11.1 Å². The monoisotopic (exact) mass is 605 g/mol. The second-order valence-corrected chi connectivity index (χ2v) is 12.7. The predicted molar refractivity (Wildman–Crippen MR) is 179 cm³/mol. The van der Waals surface area contributed by atoms with Crippen molar-refractivity contribution in [1.29, 1.82) is 0 Å². The number of aryl methyl sites for hydroxylation is 1. The molecule has 9 rings (SSSR count). The van der Waals surface area contributed by atoms with E-state index in [9.17, 15) is 0 Å². The molecule has 0 amide bonds. The summed E-state index contributed by atoms with van der Waals surface area (Å²) >= 11 is 3.82.